The van der Waals surface area contributed by atoms with Gasteiger partial charge in [-0.1, -0.05) is 20.8 Å². The van der Waals surface area contributed by atoms with Crippen LogP contribution in [0.4, 0.5) is 33.6 Å². The largest absolute Gasteiger partial charge is 0.573 e. The van der Waals surface area contributed by atoms with Crippen LogP contribution in [0, 0.1) is 11.3 Å². The van der Waals surface area contributed by atoms with Gasteiger partial charge in [-0.05, 0) is 76.2 Å². The van der Waals surface area contributed by atoms with Crippen LogP contribution >= 0.6 is 9.24 Å². The van der Waals surface area contributed by atoms with Crippen LogP contribution < -0.4 is 14.8 Å². The molecule has 0 saturated heterocycles. The Balaban J connectivity index is 1.73. The summed E-state index contributed by atoms with van der Waals surface area (Å²) < 4.78 is 75.4. The fourth-order valence-corrected chi connectivity index (χ4v) is 5.25. The van der Waals surface area contributed by atoms with Gasteiger partial charge >= 0.3 is 12.2 Å². The van der Waals surface area contributed by atoms with Crippen LogP contribution in [0.5, 0.6) is 11.5 Å². The summed E-state index contributed by atoms with van der Waals surface area (Å²) in [6.45, 7) is 6.53. The van der Waals surface area contributed by atoms with Gasteiger partial charge in [-0.2, -0.15) is 8.78 Å². The Morgan fingerprint density at radius 2 is 1.66 bits per heavy atom. The van der Waals surface area contributed by atoms with Crippen molar-refractivity contribution in [3.63, 3.8) is 0 Å². The standard InChI is InChI=1S/C24H27F5N3O2P/c1-14-10-16(13-22(2,3)12-14)32-20-11-18(33-23(25,26)27)8-9-19(20)31-21(32)30-15-4-6-17(7-5-15)34-24(28,29)35/h4-9,11,14,16H,10,12-13,35H2,1-3H3,(H,30,31)/t14-,16+/m1/s1. The van der Waals surface area contributed by atoms with Gasteiger partial charge in [-0.3, -0.25) is 0 Å². The second-order valence-electron chi connectivity index (χ2n) is 9.88. The van der Waals surface area contributed by atoms with Gasteiger partial charge in [0.1, 0.15) is 11.5 Å². The summed E-state index contributed by atoms with van der Waals surface area (Å²) in [7, 11) is 1.31. The highest BCUT2D eigenvalue weighted by Crippen LogP contribution is 2.46. The monoisotopic (exact) mass is 515 g/mol. The maximum atomic E-state index is 13.1. The Hall–Kier alpha value is -2.61. The number of imidazole rings is 1. The molecule has 2 aromatic carbocycles. The third kappa shape index (κ3) is 6.54. The summed E-state index contributed by atoms with van der Waals surface area (Å²) in [5.74, 6) is -2.86. The van der Waals surface area contributed by atoms with Crippen molar-refractivity contribution in [1.29, 1.82) is 0 Å². The molecule has 0 spiro atoms. The van der Waals surface area contributed by atoms with E-state index in [2.05, 4.69) is 40.5 Å². The molecular formula is C24H27F5N3O2P. The van der Waals surface area contributed by atoms with Crippen molar-refractivity contribution < 1.29 is 31.4 Å². The fourth-order valence-electron chi connectivity index (χ4n) is 5.11. The Morgan fingerprint density at radius 1 is 1.00 bits per heavy atom. The SMILES string of the molecule is C[C@@H]1C[C@H](n2c(Nc3ccc(OC(F)(F)P)cc3)nc3ccc(OC(F)(F)F)cc32)CC(C)(C)C1. The third-order valence-corrected chi connectivity index (χ3v) is 6.11. The lowest BCUT2D eigenvalue weighted by atomic mass is 9.70. The summed E-state index contributed by atoms with van der Waals surface area (Å²) in [5.41, 5.74) is 1.64. The molecule has 0 amide bonds. The third-order valence-electron chi connectivity index (χ3n) is 5.99. The number of benzene rings is 2. The minimum absolute atomic E-state index is 0.0131. The molecule has 1 saturated carbocycles. The zero-order valence-corrected chi connectivity index (χ0v) is 20.7. The Kier molecular flexibility index (Phi) is 6.64. The van der Waals surface area contributed by atoms with E-state index in [9.17, 15) is 22.0 Å². The first-order chi connectivity index (χ1) is 16.2. The van der Waals surface area contributed by atoms with E-state index in [0.717, 1.165) is 19.3 Å². The highest BCUT2D eigenvalue weighted by molar-refractivity contribution is 7.17. The van der Waals surface area contributed by atoms with Crippen LogP contribution in [0.25, 0.3) is 11.0 Å². The van der Waals surface area contributed by atoms with Gasteiger partial charge in [0.2, 0.25) is 5.95 Å². The van der Waals surface area contributed by atoms with E-state index in [4.69, 9.17) is 0 Å². The zero-order chi connectivity index (χ0) is 25.6. The molecule has 1 N–H and O–H groups in total. The number of alkyl halides is 5. The molecule has 3 aromatic rings. The summed E-state index contributed by atoms with van der Waals surface area (Å²) in [4.78, 5) is 4.64. The number of hydrogen-bond donors (Lipinski definition) is 1. The molecule has 4 rings (SSSR count). The quantitative estimate of drug-likeness (QED) is 0.268. The van der Waals surface area contributed by atoms with E-state index < -0.39 is 12.2 Å². The van der Waals surface area contributed by atoms with Gasteiger partial charge < -0.3 is 19.4 Å². The first-order valence-electron chi connectivity index (χ1n) is 11.2. The number of nitrogens with one attached hydrogen (secondary N) is 1. The van der Waals surface area contributed by atoms with Crippen molar-refractivity contribution in [1.82, 2.24) is 9.55 Å². The normalized spacial score (nSPS) is 20.6. The van der Waals surface area contributed by atoms with Gasteiger partial charge in [0.05, 0.1) is 11.0 Å². The maximum absolute atomic E-state index is 13.1. The van der Waals surface area contributed by atoms with Crippen molar-refractivity contribution >= 4 is 31.9 Å². The zero-order valence-electron chi connectivity index (χ0n) is 19.5. The number of nitrogens with zero attached hydrogens (tertiary/aromatic N) is 2. The number of aromatic nitrogens is 2. The Morgan fingerprint density at radius 3 is 2.26 bits per heavy atom. The number of hydrogen-bond acceptors (Lipinski definition) is 4. The molecule has 1 aromatic heterocycles. The van der Waals surface area contributed by atoms with Crippen LogP contribution in [0.1, 0.15) is 46.1 Å². The highest BCUT2D eigenvalue weighted by atomic mass is 31.0. The van der Waals surface area contributed by atoms with Gasteiger partial charge in [-0.25, -0.2) is 4.98 Å². The molecule has 0 radical (unpaired) electrons. The van der Waals surface area contributed by atoms with Gasteiger partial charge in [0.25, 0.3) is 0 Å². The second-order valence-corrected chi connectivity index (χ2v) is 10.6. The number of fused-ring (bicyclic) bond motifs is 1. The Bertz CT molecular complexity index is 1190. The molecule has 1 fully saturated rings. The minimum atomic E-state index is -4.81. The van der Waals surface area contributed by atoms with Crippen molar-refractivity contribution in [2.24, 2.45) is 11.3 Å². The van der Waals surface area contributed by atoms with E-state index in [1.165, 1.54) is 39.6 Å². The molecular weight excluding hydrogens is 488 g/mol. The summed E-state index contributed by atoms with van der Waals surface area (Å²) in [6.07, 6.45) is -2.11. The first-order valence-corrected chi connectivity index (χ1v) is 11.8. The fraction of sp³-hybridized carbons (Fsp3) is 0.458. The van der Waals surface area contributed by atoms with Gasteiger partial charge in [-0.15, -0.1) is 13.2 Å². The van der Waals surface area contributed by atoms with Crippen molar-refractivity contribution in [2.45, 2.75) is 58.3 Å². The van der Waals surface area contributed by atoms with E-state index in [0.29, 0.717) is 28.6 Å². The number of rotatable bonds is 6. The van der Waals surface area contributed by atoms with Crippen molar-refractivity contribution in [2.75, 3.05) is 5.32 Å². The van der Waals surface area contributed by atoms with Crippen LogP contribution in [0.3, 0.4) is 0 Å². The summed E-state index contributed by atoms with van der Waals surface area (Å²) in [5, 5.41) is 3.20. The molecule has 5 nitrogen and oxygen atoms in total. The average Bonchev–Trinajstić information content (AvgIpc) is 3.02. The predicted octanol–water partition coefficient (Wildman–Crippen LogP) is 7.87. The van der Waals surface area contributed by atoms with Crippen LogP contribution in [-0.4, -0.2) is 21.8 Å². The number of ether oxygens (including phenoxy) is 2. The molecule has 1 unspecified atom stereocenters. The molecule has 0 aliphatic heterocycles. The maximum Gasteiger partial charge on any atom is 0.573 e. The van der Waals surface area contributed by atoms with E-state index in [1.807, 2.05) is 4.57 Å². The van der Waals surface area contributed by atoms with Crippen LogP contribution in [-0.2, 0) is 0 Å². The average molecular weight is 515 g/mol. The molecule has 35 heavy (non-hydrogen) atoms. The lowest BCUT2D eigenvalue weighted by Gasteiger charge is -2.40. The molecule has 1 aliphatic carbocycles. The van der Waals surface area contributed by atoms with E-state index in [-0.39, 0.29) is 23.0 Å². The van der Waals surface area contributed by atoms with Crippen LogP contribution in [0.15, 0.2) is 42.5 Å². The van der Waals surface area contributed by atoms with Crippen LogP contribution in [0.2, 0.25) is 0 Å². The number of anilines is 2. The van der Waals surface area contributed by atoms with Gasteiger partial charge in [0, 0.05) is 17.8 Å². The summed E-state index contributed by atoms with van der Waals surface area (Å²) in [6, 6.07) is 10.0. The van der Waals surface area contributed by atoms with Crippen molar-refractivity contribution in [3.05, 3.63) is 42.5 Å². The van der Waals surface area contributed by atoms with E-state index in [1.54, 1.807) is 12.1 Å². The van der Waals surface area contributed by atoms with Gasteiger partial charge in [0.15, 0.2) is 0 Å². The smallest absolute Gasteiger partial charge is 0.430 e. The molecule has 1 heterocycles. The topological polar surface area (TPSA) is 48.3 Å². The number of halogens is 5. The molecule has 1 aliphatic rings. The Labute approximate surface area is 202 Å². The van der Waals surface area contributed by atoms with Crippen molar-refractivity contribution in [3.8, 4) is 11.5 Å². The first kappa shape index (κ1) is 25.5. The second kappa shape index (κ2) is 9.12. The lowest BCUT2D eigenvalue weighted by Crippen LogP contribution is -2.29. The molecule has 0 bridgehead atoms. The molecule has 190 valence electrons. The lowest BCUT2D eigenvalue weighted by molar-refractivity contribution is -0.274. The minimum Gasteiger partial charge on any atom is -0.430 e. The molecule has 11 heteroatoms. The summed E-state index contributed by atoms with van der Waals surface area (Å²) >= 11 is 0. The van der Waals surface area contributed by atoms with E-state index >= 15 is 0 Å². The highest BCUT2D eigenvalue weighted by Gasteiger charge is 2.35. The molecule has 3 atom stereocenters. The predicted molar refractivity (Wildman–Crippen MR) is 127 cm³/mol.